The van der Waals surface area contributed by atoms with Crippen LogP contribution in [0, 0.1) is 5.82 Å². The molecule has 0 bridgehead atoms. The number of hydrogen-bond acceptors (Lipinski definition) is 6. The minimum Gasteiger partial charge on any atom is -0.488 e. The van der Waals surface area contributed by atoms with E-state index in [9.17, 15) is 18.8 Å². The number of methoxy groups -OCH3 is 1. The Morgan fingerprint density at radius 2 is 2.00 bits per heavy atom. The molecule has 174 valence electrons. The van der Waals surface area contributed by atoms with E-state index in [0.29, 0.717) is 21.9 Å². The Morgan fingerprint density at radius 3 is 2.76 bits per heavy atom. The summed E-state index contributed by atoms with van der Waals surface area (Å²) >= 11 is 6.11. The van der Waals surface area contributed by atoms with Crippen molar-refractivity contribution in [1.82, 2.24) is 10.2 Å². The van der Waals surface area contributed by atoms with Crippen molar-refractivity contribution >= 4 is 35.6 Å². The molecule has 1 fully saturated rings. The number of esters is 1. The Kier molecular flexibility index (Phi) is 6.65. The molecule has 3 aromatic rings. The standard InChI is InChI=1S/C24H18ClFN2O6/c1-32-23(30)21-8-6-18(34-21)12-28-22(29)19(27-24(28)31)11-15-10-16(25)5-7-20(15)33-13-14-3-2-4-17(26)9-14/h2-11H,12-13H2,1H3,(H,27,31)/b19-11-. The van der Waals surface area contributed by atoms with Crippen molar-refractivity contribution in [3.63, 3.8) is 0 Å². The summed E-state index contributed by atoms with van der Waals surface area (Å²) in [7, 11) is 1.21. The molecule has 4 rings (SSSR count). The van der Waals surface area contributed by atoms with Crippen LogP contribution >= 0.6 is 11.6 Å². The summed E-state index contributed by atoms with van der Waals surface area (Å²) in [6.45, 7) is -0.0967. The predicted octanol–water partition coefficient (Wildman–Crippen LogP) is 4.53. The minimum absolute atomic E-state index is 0.00243. The number of nitrogens with zero attached hydrogens (tertiary/aromatic N) is 1. The van der Waals surface area contributed by atoms with Gasteiger partial charge in [0.15, 0.2) is 0 Å². The van der Waals surface area contributed by atoms with Gasteiger partial charge < -0.3 is 19.2 Å². The van der Waals surface area contributed by atoms with Crippen molar-refractivity contribution in [2.45, 2.75) is 13.2 Å². The number of rotatable bonds is 7. The number of nitrogens with one attached hydrogen (secondary N) is 1. The zero-order valence-electron chi connectivity index (χ0n) is 17.8. The van der Waals surface area contributed by atoms with Gasteiger partial charge in [-0.3, -0.25) is 9.69 Å². The maximum atomic E-state index is 13.4. The van der Waals surface area contributed by atoms with Crippen molar-refractivity contribution < 1.29 is 32.7 Å². The Labute approximate surface area is 198 Å². The average molecular weight is 485 g/mol. The molecular formula is C24H18ClFN2O6. The molecular weight excluding hydrogens is 467 g/mol. The minimum atomic E-state index is -0.671. The van der Waals surface area contributed by atoms with E-state index in [2.05, 4.69) is 10.1 Å². The topological polar surface area (TPSA) is 98.1 Å². The monoisotopic (exact) mass is 484 g/mol. The van der Waals surface area contributed by atoms with E-state index in [1.807, 2.05) is 0 Å². The first kappa shape index (κ1) is 23.1. The highest BCUT2D eigenvalue weighted by atomic mass is 35.5. The first-order valence-corrected chi connectivity index (χ1v) is 10.4. The van der Waals surface area contributed by atoms with Crippen LogP contribution in [0.5, 0.6) is 5.75 Å². The fourth-order valence-corrected chi connectivity index (χ4v) is 3.43. The lowest BCUT2D eigenvalue weighted by molar-refractivity contribution is -0.123. The fourth-order valence-electron chi connectivity index (χ4n) is 3.25. The van der Waals surface area contributed by atoms with Crippen LogP contribution in [0.1, 0.15) is 27.4 Å². The van der Waals surface area contributed by atoms with Gasteiger partial charge in [-0.2, -0.15) is 0 Å². The quantitative estimate of drug-likeness (QED) is 0.300. The molecule has 0 saturated carbocycles. The Balaban J connectivity index is 1.52. The summed E-state index contributed by atoms with van der Waals surface area (Å²) in [6.07, 6.45) is 1.44. The van der Waals surface area contributed by atoms with Gasteiger partial charge in [-0.05, 0) is 54.1 Å². The largest absolute Gasteiger partial charge is 0.488 e. The van der Waals surface area contributed by atoms with E-state index in [4.69, 9.17) is 20.8 Å². The van der Waals surface area contributed by atoms with Crippen LogP contribution in [0.15, 0.2) is 64.7 Å². The lowest BCUT2D eigenvalue weighted by Crippen LogP contribution is -2.30. The molecule has 1 saturated heterocycles. The van der Waals surface area contributed by atoms with Crippen LogP contribution in [0.3, 0.4) is 0 Å². The SMILES string of the molecule is COC(=O)c1ccc(CN2C(=O)N/C(=C\c3cc(Cl)ccc3OCc3cccc(F)c3)C2=O)o1. The molecule has 34 heavy (non-hydrogen) atoms. The van der Waals surface area contributed by atoms with Gasteiger partial charge in [-0.15, -0.1) is 0 Å². The van der Waals surface area contributed by atoms with E-state index in [0.717, 1.165) is 4.90 Å². The molecule has 0 unspecified atom stereocenters. The number of hydrogen-bond donors (Lipinski definition) is 1. The van der Waals surface area contributed by atoms with Gasteiger partial charge >= 0.3 is 12.0 Å². The smallest absolute Gasteiger partial charge is 0.373 e. The Bertz CT molecular complexity index is 1300. The molecule has 1 aliphatic heterocycles. The van der Waals surface area contributed by atoms with Crippen LogP contribution in [0.25, 0.3) is 6.08 Å². The van der Waals surface area contributed by atoms with Gasteiger partial charge in [0.05, 0.1) is 13.7 Å². The molecule has 1 aliphatic rings. The molecule has 1 N–H and O–H groups in total. The van der Waals surface area contributed by atoms with E-state index < -0.39 is 17.9 Å². The molecule has 0 radical (unpaired) electrons. The van der Waals surface area contributed by atoms with Gasteiger partial charge in [0, 0.05) is 10.6 Å². The molecule has 0 aliphatic carbocycles. The van der Waals surface area contributed by atoms with Crippen LogP contribution in [0.2, 0.25) is 5.02 Å². The highest BCUT2D eigenvalue weighted by Crippen LogP contribution is 2.27. The molecule has 0 spiro atoms. The van der Waals surface area contributed by atoms with Crippen molar-refractivity contribution in [1.29, 1.82) is 0 Å². The number of carbonyl (C=O) groups excluding carboxylic acids is 3. The number of furan rings is 1. The van der Waals surface area contributed by atoms with E-state index in [1.165, 1.54) is 37.5 Å². The maximum absolute atomic E-state index is 13.4. The Morgan fingerprint density at radius 1 is 1.18 bits per heavy atom. The predicted molar refractivity (Wildman–Crippen MR) is 119 cm³/mol. The van der Waals surface area contributed by atoms with Gasteiger partial charge in [0.1, 0.15) is 29.6 Å². The number of halogens is 2. The van der Waals surface area contributed by atoms with E-state index in [1.54, 1.807) is 30.3 Å². The molecule has 10 heteroatoms. The second-order valence-corrected chi connectivity index (χ2v) is 7.67. The number of carbonyl (C=O) groups is 3. The summed E-state index contributed by atoms with van der Waals surface area (Å²) in [5.74, 6) is -1.08. The summed E-state index contributed by atoms with van der Waals surface area (Å²) in [4.78, 5) is 37.7. The van der Waals surface area contributed by atoms with Crippen LogP contribution < -0.4 is 10.1 Å². The Hall–Kier alpha value is -4.11. The van der Waals surface area contributed by atoms with Crippen molar-refractivity contribution in [2.75, 3.05) is 7.11 Å². The zero-order valence-corrected chi connectivity index (χ0v) is 18.6. The van der Waals surface area contributed by atoms with E-state index in [-0.39, 0.29) is 36.2 Å². The highest BCUT2D eigenvalue weighted by molar-refractivity contribution is 6.30. The number of amides is 3. The number of imide groups is 1. The van der Waals surface area contributed by atoms with E-state index >= 15 is 0 Å². The van der Waals surface area contributed by atoms with Crippen LogP contribution in [0.4, 0.5) is 9.18 Å². The lowest BCUT2D eigenvalue weighted by atomic mass is 10.1. The third-order valence-electron chi connectivity index (χ3n) is 4.88. The summed E-state index contributed by atoms with van der Waals surface area (Å²) < 4.78 is 29.1. The second-order valence-electron chi connectivity index (χ2n) is 7.24. The summed E-state index contributed by atoms with van der Waals surface area (Å²) in [5, 5.41) is 2.90. The van der Waals surface area contributed by atoms with Gasteiger partial charge in [0.2, 0.25) is 5.76 Å². The van der Waals surface area contributed by atoms with Gasteiger partial charge in [0.25, 0.3) is 5.91 Å². The van der Waals surface area contributed by atoms with Crippen LogP contribution in [-0.4, -0.2) is 29.9 Å². The van der Waals surface area contributed by atoms with Gasteiger partial charge in [-0.25, -0.2) is 14.0 Å². The van der Waals surface area contributed by atoms with Crippen molar-refractivity contribution in [2.24, 2.45) is 0 Å². The van der Waals surface area contributed by atoms with Crippen molar-refractivity contribution in [3.05, 3.63) is 93.8 Å². The van der Waals surface area contributed by atoms with Crippen LogP contribution in [-0.2, 0) is 22.7 Å². The average Bonchev–Trinajstić information content (AvgIpc) is 3.38. The normalized spacial score (nSPS) is 14.4. The highest BCUT2D eigenvalue weighted by Gasteiger charge is 2.34. The molecule has 8 nitrogen and oxygen atoms in total. The number of ether oxygens (including phenoxy) is 2. The third kappa shape index (κ3) is 5.10. The van der Waals surface area contributed by atoms with Crippen molar-refractivity contribution in [3.8, 4) is 5.75 Å². The number of urea groups is 1. The maximum Gasteiger partial charge on any atom is 0.373 e. The lowest BCUT2D eigenvalue weighted by Gasteiger charge is -2.11. The van der Waals surface area contributed by atoms with Gasteiger partial charge in [-0.1, -0.05) is 23.7 Å². The molecule has 2 aromatic carbocycles. The fraction of sp³-hybridized carbons (Fsp3) is 0.125. The molecule has 3 amide bonds. The second kappa shape index (κ2) is 9.80. The number of benzene rings is 2. The molecule has 0 atom stereocenters. The molecule has 1 aromatic heterocycles. The zero-order chi connectivity index (χ0) is 24.2. The third-order valence-corrected chi connectivity index (χ3v) is 5.11. The first-order valence-electron chi connectivity index (χ1n) is 10.0. The summed E-state index contributed by atoms with van der Waals surface area (Å²) in [5.41, 5.74) is 1.07. The molecule has 2 heterocycles. The summed E-state index contributed by atoms with van der Waals surface area (Å²) in [6, 6.07) is 13.0. The first-order chi connectivity index (χ1) is 16.3.